The van der Waals surface area contributed by atoms with Crippen LogP contribution in [0.5, 0.6) is 0 Å². The molecule has 1 aliphatic rings. The number of aryl methyl sites for hydroxylation is 1. The molecule has 18 heavy (non-hydrogen) atoms. The molecule has 1 fully saturated rings. The van der Waals surface area contributed by atoms with Crippen molar-refractivity contribution in [3.05, 3.63) is 22.2 Å². The zero-order chi connectivity index (χ0) is 13.0. The highest BCUT2D eigenvalue weighted by Crippen LogP contribution is 2.18. The summed E-state index contributed by atoms with van der Waals surface area (Å²) >= 11 is 0. The number of aromatic nitrogens is 2. The lowest BCUT2D eigenvalue weighted by atomic mass is 10.3. The minimum atomic E-state index is -0.170. The summed E-state index contributed by atoms with van der Waals surface area (Å²) < 4.78 is 0. The number of rotatable bonds is 6. The fourth-order valence-electron chi connectivity index (χ4n) is 1.66. The molecule has 2 rings (SSSR count). The largest absolute Gasteiger partial charge is 0.370 e. The summed E-state index contributed by atoms with van der Waals surface area (Å²) in [6, 6.07) is 1.83. The van der Waals surface area contributed by atoms with Gasteiger partial charge in [-0.05, 0) is 26.2 Å². The Labute approximate surface area is 105 Å². The molecular weight excluding hydrogens is 232 g/mol. The van der Waals surface area contributed by atoms with Gasteiger partial charge in [0.15, 0.2) is 0 Å². The van der Waals surface area contributed by atoms with Gasteiger partial charge in [0.05, 0.1) is 0 Å². The maximum Gasteiger partial charge on any atom is 0.252 e. The van der Waals surface area contributed by atoms with Gasteiger partial charge in [-0.1, -0.05) is 0 Å². The summed E-state index contributed by atoms with van der Waals surface area (Å²) in [6.07, 6.45) is 3.46. The highest BCUT2D eigenvalue weighted by molar-refractivity contribution is 5.76. The number of carbonyl (C=O) groups excluding carboxylic acids is 1. The zero-order valence-corrected chi connectivity index (χ0v) is 10.5. The lowest BCUT2D eigenvalue weighted by Crippen LogP contribution is -2.25. The molecular formula is C12H18N4O2. The lowest BCUT2D eigenvalue weighted by Gasteiger charge is -2.06. The molecule has 1 aromatic rings. The van der Waals surface area contributed by atoms with Crippen molar-refractivity contribution in [2.45, 2.75) is 38.6 Å². The van der Waals surface area contributed by atoms with Gasteiger partial charge in [-0.2, -0.15) is 0 Å². The minimum absolute atomic E-state index is 0.106. The number of hydrogen-bond acceptors (Lipinski definition) is 4. The first kappa shape index (κ1) is 12.6. The maximum absolute atomic E-state index is 11.4. The SMILES string of the molecule is Cc1nc(NCCCC(=O)NC2CC2)cc(=O)[nH]1. The molecule has 0 aromatic carbocycles. The number of hydrogen-bond donors (Lipinski definition) is 3. The van der Waals surface area contributed by atoms with E-state index in [9.17, 15) is 9.59 Å². The van der Waals surface area contributed by atoms with E-state index in [2.05, 4.69) is 20.6 Å². The fraction of sp³-hybridized carbons (Fsp3) is 0.583. The smallest absolute Gasteiger partial charge is 0.252 e. The van der Waals surface area contributed by atoms with Crippen LogP contribution in [-0.4, -0.2) is 28.5 Å². The van der Waals surface area contributed by atoms with Crippen LogP contribution >= 0.6 is 0 Å². The first-order valence-electron chi connectivity index (χ1n) is 6.25. The molecule has 0 unspecified atom stereocenters. The predicted molar refractivity (Wildman–Crippen MR) is 68.5 cm³/mol. The summed E-state index contributed by atoms with van der Waals surface area (Å²) in [5.74, 6) is 1.24. The van der Waals surface area contributed by atoms with Gasteiger partial charge < -0.3 is 15.6 Å². The molecule has 1 aliphatic carbocycles. The van der Waals surface area contributed by atoms with Gasteiger partial charge in [0.25, 0.3) is 5.56 Å². The first-order chi connectivity index (χ1) is 8.63. The Kier molecular flexibility index (Phi) is 3.96. The zero-order valence-electron chi connectivity index (χ0n) is 10.5. The van der Waals surface area contributed by atoms with Gasteiger partial charge in [-0.3, -0.25) is 9.59 Å². The summed E-state index contributed by atoms with van der Waals surface area (Å²) in [4.78, 5) is 29.3. The molecule has 0 bridgehead atoms. The van der Waals surface area contributed by atoms with Crippen molar-refractivity contribution >= 4 is 11.7 Å². The molecule has 1 amide bonds. The monoisotopic (exact) mass is 250 g/mol. The molecule has 0 spiro atoms. The van der Waals surface area contributed by atoms with Crippen LogP contribution in [0.25, 0.3) is 0 Å². The third-order valence-electron chi connectivity index (χ3n) is 2.69. The molecule has 0 radical (unpaired) electrons. The van der Waals surface area contributed by atoms with E-state index in [1.165, 1.54) is 6.07 Å². The van der Waals surface area contributed by atoms with Crippen molar-refractivity contribution in [1.29, 1.82) is 0 Å². The number of nitrogens with one attached hydrogen (secondary N) is 3. The number of nitrogens with zero attached hydrogens (tertiary/aromatic N) is 1. The van der Waals surface area contributed by atoms with Crippen LogP contribution in [0.3, 0.4) is 0 Å². The molecule has 0 aliphatic heterocycles. The van der Waals surface area contributed by atoms with Crippen LogP contribution in [0.4, 0.5) is 5.82 Å². The second kappa shape index (κ2) is 5.66. The molecule has 0 saturated heterocycles. The molecule has 1 heterocycles. The van der Waals surface area contributed by atoms with Gasteiger partial charge in [0.1, 0.15) is 11.6 Å². The third-order valence-corrected chi connectivity index (χ3v) is 2.69. The highest BCUT2D eigenvalue weighted by atomic mass is 16.1. The second-order valence-electron chi connectivity index (χ2n) is 4.59. The van der Waals surface area contributed by atoms with Gasteiger partial charge in [0, 0.05) is 25.1 Å². The molecule has 0 atom stereocenters. The predicted octanol–water partition coefficient (Wildman–Crippen LogP) is 0.549. The van der Waals surface area contributed by atoms with Crippen molar-refractivity contribution in [1.82, 2.24) is 15.3 Å². The summed E-state index contributed by atoms with van der Waals surface area (Å²) in [7, 11) is 0. The average molecular weight is 250 g/mol. The number of amides is 1. The van der Waals surface area contributed by atoms with Crippen molar-refractivity contribution in [3.8, 4) is 0 Å². The molecule has 1 aromatic heterocycles. The van der Waals surface area contributed by atoms with E-state index in [0.717, 1.165) is 19.3 Å². The summed E-state index contributed by atoms with van der Waals surface area (Å²) in [5, 5.41) is 5.97. The molecule has 1 saturated carbocycles. The van der Waals surface area contributed by atoms with Crippen LogP contribution in [0.15, 0.2) is 10.9 Å². The van der Waals surface area contributed by atoms with Crippen molar-refractivity contribution < 1.29 is 4.79 Å². The van der Waals surface area contributed by atoms with E-state index in [4.69, 9.17) is 0 Å². The van der Waals surface area contributed by atoms with Gasteiger partial charge >= 0.3 is 0 Å². The first-order valence-corrected chi connectivity index (χ1v) is 6.25. The maximum atomic E-state index is 11.4. The Bertz CT molecular complexity index is 479. The number of H-pyrrole nitrogens is 1. The van der Waals surface area contributed by atoms with Gasteiger partial charge in [-0.15, -0.1) is 0 Å². The molecule has 6 nitrogen and oxygen atoms in total. The van der Waals surface area contributed by atoms with Gasteiger partial charge in [-0.25, -0.2) is 4.98 Å². The van der Waals surface area contributed by atoms with E-state index in [-0.39, 0.29) is 11.5 Å². The molecule has 6 heteroatoms. The average Bonchev–Trinajstić information content (AvgIpc) is 3.07. The Hall–Kier alpha value is -1.85. The van der Waals surface area contributed by atoms with E-state index < -0.39 is 0 Å². The highest BCUT2D eigenvalue weighted by Gasteiger charge is 2.22. The Morgan fingerprint density at radius 2 is 2.33 bits per heavy atom. The summed E-state index contributed by atoms with van der Waals surface area (Å²) in [5.41, 5.74) is -0.170. The second-order valence-corrected chi connectivity index (χ2v) is 4.59. The van der Waals surface area contributed by atoms with E-state index in [0.29, 0.717) is 30.6 Å². The lowest BCUT2D eigenvalue weighted by molar-refractivity contribution is -0.121. The number of aromatic amines is 1. The van der Waals surface area contributed by atoms with E-state index >= 15 is 0 Å². The van der Waals surface area contributed by atoms with Crippen LogP contribution in [0.2, 0.25) is 0 Å². The van der Waals surface area contributed by atoms with Crippen molar-refractivity contribution in [2.24, 2.45) is 0 Å². The molecule has 98 valence electrons. The van der Waals surface area contributed by atoms with E-state index in [1.807, 2.05) is 0 Å². The third kappa shape index (κ3) is 4.20. The summed E-state index contributed by atoms with van der Waals surface area (Å²) in [6.45, 7) is 2.36. The Morgan fingerprint density at radius 1 is 1.56 bits per heavy atom. The van der Waals surface area contributed by atoms with Crippen LogP contribution in [-0.2, 0) is 4.79 Å². The van der Waals surface area contributed by atoms with Gasteiger partial charge in [0.2, 0.25) is 5.91 Å². The van der Waals surface area contributed by atoms with E-state index in [1.54, 1.807) is 6.92 Å². The van der Waals surface area contributed by atoms with Crippen LogP contribution < -0.4 is 16.2 Å². The molecule has 3 N–H and O–H groups in total. The Morgan fingerprint density at radius 3 is 3.00 bits per heavy atom. The normalized spacial score (nSPS) is 14.3. The van der Waals surface area contributed by atoms with Crippen molar-refractivity contribution in [2.75, 3.05) is 11.9 Å². The van der Waals surface area contributed by atoms with Crippen molar-refractivity contribution in [3.63, 3.8) is 0 Å². The Balaban J connectivity index is 1.67. The minimum Gasteiger partial charge on any atom is -0.370 e. The standard InChI is InChI=1S/C12H18N4O2/c1-8-14-10(7-12(18)15-8)13-6-2-3-11(17)16-9-4-5-9/h7,9H,2-6H2,1H3,(H,16,17)(H2,13,14,15,18). The number of anilines is 1. The topological polar surface area (TPSA) is 86.9 Å². The van der Waals surface area contributed by atoms with Crippen LogP contribution in [0, 0.1) is 6.92 Å². The fourth-order valence-corrected chi connectivity index (χ4v) is 1.66. The van der Waals surface area contributed by atoms with Crippen LogP contribution in [0.1, 0.15) is 31.5 Å². The quantitative estimate of drug-likeness (QED) is 0.643. The number of carbonyl (C=O) groups is 1.